The number of halogens is 1. The van der Waals surface area contributed by atoms with Crippen LogP contribution in [0.25, 0.3) is 0 Å². The van der Waals surface area contributed by atoms with Gasteiger partial charge in [0.25, 0.3) is 5.69 Å². The van der Waals surface area contributed by atoms with Gasteiger partial charge in [-0.1, -0.05) is 22.9 Å². The Morgan fingerprint density at radius 2 is 2.25 bits per heavy atom. The molecule has 1 aliphatic rings. The molecule has 4 heteroatoms. The second-order valence-corrected chi connectivity index (χ2v) is 5.46. The molecule has 0 N–H and O–H groups in total. The Balaban J connectivity index is 2.22. The molecule has 1 aliphatic carbocycles. The third-order valence-corrected chi connectivity index (χ3v) is 3.70. The van der Waals surface area contributed by atoms with Crippen LogP contribution >= 0.6 is 15.9 Å². The zero-order valence-electron chi connectivity index (χ0n) is 9.15. The third kappa shape index (κ3) is 2.61. The summed E-state index contributed by atoms with van der Waals surface area (Å²) in [5.41, 5.74) is 1.09. The molecule has 1 unspecified atom stereocenters. The van der Waals surface area contributed by atoms with Gasteiger partial charge >= 0.3 is 0 Å². The van der Waals surface area contributed by atoms with Crippen molar-refractivity contribution >= 4 is 21.6 Å². The maximum atomic E-state index is 10.9. The zero-order chi connectivity index (χ0) is 11.7. The number of hydrogen-bond donors (Lipinski definition) is 0. The number of nitrogens with zero attached hydrogens (tertiary/aromatic N) is 1. The molecule has 1 fully saturated rings. The van der Waals surface area contributed by atoms with Crippen molar-refractivity contribution in [3.63, 3.8) is 0 Å². The molecule has 3 nitrogen and oxygen atoms in total. The largest absolute Gasteiger partial charge is 0.272 e. The van der Waals surface area contributed by atoms with Crippen molar-refractivity contribution in [1.29, 1.82) is 0 Å². The molecule has 0 bridgehead atoms. The molecule has 86 valence electrons. The summed E-state index contributed by atoms with van der Waals surface area (Å²) in [7, 11) is 0. The second kappa shape index (κ2) is 4.53. The minimum absolute atomic E-state index is 0.246. The minimum atomic E-state index is -0.290. The first-order valence-electron chi connectivity index (χ1n) is 5.50. The van der Waals surface area contributed by atoms with E-state index in [2.05, 4.69) is 22.9 Å². The zero-order valence-corrected chi connectivity index (χ0v) is 10.7. The third-order valence-electron chi connectivity index (χ3n) is 3.21. The SMILES string of the molecule is CC(Cc1cc(Br)ccc1[N+](=O)[O-])C1CC1. The average molecular weight is 284 g/mol. The number of nitro benzene ring substituents is 1. The normalized spacial score (nSPS) is 17.1. The first kappa shape index (κ1) is 11.6. The Morgan fingerprint density at radius 3 is 2.81 bits per heavy atom. The van der Waals surface area contributed by atoms with Gasteiger partial charge in [0, 0.05) is 16.1 Å². The van der Waals surface area contributed by atoms with Crippen LogP contribution in [0.1, 0.15) is 25.3 Å². The lowest BCUT2D eigenvalue weighted by Crippen LogP contribution is -2.04. The Bertz CT molecular complexity index is 415. The fourth-order valence-electron chi connectivity index (χ4n) is 2.07. The van der Waals surface area contributed by atoms with Crippen molar-refractivity contribution in [3.8, 4) is 0 Å². The molecule has 2 rings (SSSR count). The summed E-state index contributed by atoms with van der Waals surface area (Å²) in [6.07, 6.45) is 3.37. The molecule has 1 saturated carbocycles. The van der Waals surface area contributed by atoms with Crippen LogP contribution in [-0.4, -0.2) is 4.92 Å². The van der Waals surface area contributed by atoms with Crippen LogP contribution in [0.5, 0.6) is 0 Å². The Labute approximate surface area is 103 Å². The number of rotatable bonds is 4. The van der Waals surface area contributed by atoms with Crippen LogP contribution in [0.2, 0.25) is 0 Å². The second-order valence-electron chi connectivity index (χ2n) is 4.55. The number of nitro groups is 1. The van der Waals surface area contributed by atoms with Gasteiger partial charge in [0.2, 0.25) is 0 Å². The lowest BCUT2D eigenvalue weighted by atomic mass is 9.96. The van der Waals surface area contributed by atoms with Crippen molar-refractivity contribution in [2.24, 2.45) is 11.8 Å². The van der Waals surface area contributed by atoms with Crippen molar-refractivity contribution in [2.75, 3.05) is 0 Å². The van der Waals surface area contributed by atoms with Gasteiger partial charge in [0.05, 0.1) is 4.92 Å². The van der Waals surface area contributed by atoms with E-state index in [9.17, 15) is 10.1 Å². The highest BCUT2D eigenvalue weighted by molar-refractivity contribution is 9.10. The molecule has 0 radical (unpaired) electrons. The molecule has 0 spiro atoms. The molecule has 0 aromatic heterocycles. The molecule has 1 aromatic rings. The molecule has 1 atom stereocenters. The van der Waals surface area contributed by atoms with Crippen LogP contribution in [0.15, 0.2) is 22.7 Å². The van der Waals surface area contributed by atoms with Crippen molar-refractivity contribution in [2.45, 2.75) is 26.2 Å². The summed E-state index contributed by atoms with van der Waals surface area (Å²) in [6.45, 7) is 2.18. The summed E-state index contributed by atoms with van der Waals surface area (Å²) >= 11 is 3.37. The Hall–Kier alpha value is -0.900. The van der Waals surface area contributed by atoms with E-state index in [-0.39, 0.29) is 10.6 Å². The van der Waals surface area contributed by atoms with Crippen LogP contribution in [0, 0.1) is 22.0 Å². The van der Waals surface area contributed by atoms with Gasteiger partial charge in [-0.3, -0.25) is 10.1 Å². The van der Waals surface area contributed by atoms with Gasteiger partial charge in [0.15, 0.2) is 0 Å². The van der Waals surface area contributed by atoms with Gasteiger partial charge in [-0.15, -0.1) is 0 Å². The fourth-order valence-corrected chi connectivity index (χ4v) is 2.48. The molecule has 0 amide bonds. The van der Waals surface area contributed by atoms with Crippen LogP contribution in [-0.2, 0) is 6.42 Å². The van der Waals surface area contributed by atoms with Gasteiger partial charge in [-0.2, -0.15) is 0 Å². The monoisotopic (exact) mass is 283 g/mol. The van der Waals surface area contributed by atoms with Crippen LogP contribution < -0.4 is 0 Å². The van der Waals surface area contributed by atoms with Crippen molar-refractivity contribution in [3.05, 3.63) is 38.3 Å². The summed E-state index contributed by atoms with van der Waals surface area (Å²) < 4.78 is 0.913. The molecular formula is C12H14BrNO2. The quantitative estimate of drug-likeness (QED) is 0.620. The van der Waals surface area contributed by atoms with E-state index in [0.29, 0.717) is 5.92 Å². The van der Waals surface area contributed by atoms with Gasteiger partial charge in [-0.05, 0) is 43.2 Å². The number of hydrogen-bond acceptors (Lipinski definition) is 2. The predicted molar refractivity (Wildman–Crippen MR) is 66.4 cm³/mol. The lowest BCUT2D eigenvalue weighted by Gasteiger charge is -2.10. The van der Waals surface area contributed by atoms with Gasteiger partial charge in [-0.25, -0.2) is 0 Å². The van der Waals surface area contributed by atoms with E-state index in [0.717, 1.165) is 22.4 Å². The summed E-state index contributed by atoms with van der Waals surface area (Å²) in [6, 6.07) is 5.18. The summed E-state index contributed by atoms with van der Waals surface area (Å²) in [4.78, 5) is 10.6. The predicted octanol–water partition coefficient (Wildman–Crippen LogP) is 3.95. The summed E-state index contributed by atoms with van der Waals surface area (Å²) in [5, 5.41) is 10.9. The molecular weight excluding hydrogens is 270 g/mol. The van der Waals surface area contributed by atoms with Crippen molar-refractivity contribution in [1.82, 2.24) is 0 Å². The molecule has 1 aromatic carbocycles. The molecule has 0 aliphatic heterocycles. The van der Waals surface area contributed by atoms with Crippen molar-refractivity contribution < 1.29 is 4.92 Å². The minimum Gasteiger partial charge on any atom is -0.258 e. The molecule has 0 heterocycles. The van der Waals surface area contributed by atoms with E-state index in [1.807, 2.05) is 6.07 Å². The maximum absolute atomic E-state index is 10.9. The van der Waals surface area contributed by atoms with E-state index in [1.165, 1.54) is 12.8 Å². The lowest BCUT2D eigenvalue weighted by molar-refractivity contribution is -0.385. The Morgan fingerprint density at radius 1 is 1.56 bits per heavy atom. The van der Waals surface area contributed by atoms with E-state index >= 15 is 0 Å². The summed E-state index contributed by atoms with van der Waals surface area (Å²) in [5.74, 6) is 1.33. The van der Waals surface area contributed by atoms with Crippen LogP contribution in [0.4, 0.5) is 5.69 Å². The highest BCUT2D eigenvalue weighted by Gasteiger charge is 2.29. The smallest absolute Gasteiger partial charge is 0.258 e. The topological polar surface area (TPSA) is 43.1 Å². The first-order valence-corrected chi connectivity index (χ1v) is 6.30. The van der Waals surface area contributed by atoms with E-state index in [1.54, 1.807) is 12.1 Å². The highest BCUT2D eigenvalue weighted by Crippen LogP contribution is 2.39. The number of benzene rings is 1. The van der Waals surface area contributed by atoms with Crippen LogP contribution in [0.3, 0.4) is 0 Å². The van der Waals surface area contributed by atoms with E-state index in [4.69, 9.17) is 0 Å². The first-order chi connectivity index (χ1) is 7.58. The maximum Gasteiger partial charge on any atom is 0.272 e. The highest BCUT2D eigenvalue weighted by atomic mass is 79.9. The molecule has 16 heavy (non-hydrogen) atoms. The Kier molecular flexibility index (Phi) is 3.28. The van der Waals surface area contributed by atoms with Gasteiger partial charge < -0.3 is 0 Å². The standard InChI is InChI=1S/C12H14BrNO2/c1-8(9-2-3-9)6-10-7-11(13)4-5-12(10)14(15)16/h4-5,7-9H,2-3,6H2,1H3. The molecule has 0 saturated heterocycles. The van der Waals surface area contributed by atoms with E-state index < -0.39 is 0 Å². The van der Waals surface area contributed by atoms with Gasteiger partial charge in [0.1, 0.15) is 0 Å². The fraction of sp³-hybridized carbons (Fsp3) is 0.500. The average Bonchev–Trinajstić information content (AvgIpc) is 2.99.